The molecule has 116 valence electrons. The first-order valence-electron chi connectivity index (χ1n) is 6.87. The number of rotatable bonds is 3. The minimum absolute atomic E-state index is 0.123. The van der Waals surface area contributed by atoms with Crippen LogP contribution in [0.5, 0.6) is 0 Å². The molecular weight excluding hydrogens is 282 g/mol. The monoisotopic (exact) mass is 301 g/mol. The molecule has 1 amide bonds. The second-order valence-corrected chi connectivity index (χ2v) is 6.13. The molecule has 0 saturated carbocycles. The fourth-order valence-electron chi connectivity index (χ4n) is 1.97. The number of nitrogens with zero attached hydrogens (tertiary/aromatic N) is 2. The highest BCUT2D eigenvalue weighted by molar-refractivity contribution is 6.03. The molecule has 22 heavy (non-hydrogen) atoms. The van der Waals surface area contributed by atoms with Gasteiger partial charge in [-0.05, 0) is 24.3 Å². The summed E-state index contributed by atoms with van der Waals surface area (Å²) in [7, 11) is 1.71. The quantitative estimate of drug-likeness (QED) is 0.913. The Labute approximate surface area is 128 Å². The predicted molar refractivity (Wildman–Crippen MR) is 83.3 cm³/mol. The van der Waals surface area contributed by atoms with E-state index in [1.54, 1.807) is 25.2 Å². The maximum Gasteiger partial charge on any atom is 0.335 e. The highest BCUT2D eigenvalue weighted by Gasteiger charge is 2.21. The number of hydrogen-bond acceptors (Lipinski definition) is 3. The normalized spacial score (nSPS) is 11.3. The van der Waals surface area contributed by atoms with Crippen molar-refractivity contribution in [3.05, 3.63) is 47.3 Å². The topological polar surface area (TPSA) is 84.2 Å². The number of amides is 1. The van der Waals surface area contributed by atoms with E-state index in [2.05, 4.69) is 10.4 Å². The lowest BCUT2D eigenvalue weighted by Crippen LogP contribution is -2.16. The highest BCUT2D eigenvalue weighted by Crippen LogP contribution is 2.22. The van der Waals surface area contributed by atoms with E-state index in [4.69, 9.17) is 5.11 Å². The molecule has 0 fully saturated rings. The number of aromatic carboxylic acids is 1. The number of hydrogen-bond donors (Lipinski definition) is 2. The molecular formula is C16H19N3O3. The van der Waals surface area contributed by atoms with Crippen LogP contribution in [0.3, 0.4) is 0 Å². The first kappa shape index (κ1) is 15.8. The molecule has 0 aliphatic carbocycles. The minimum Gasteiger partial charge on any atom is -0.478 e. The predicted octanol–water partition coefficient (Wildman–Crippen LogP) is 2.67. The Kier molecular flexibility index (Phi) is 4.03. The van der Waals surface area contributed by atoms with E-state index in [0.29, 0.717) is 11.4 Å². The number of aromatic nitrogens is 2. The van der Waals surface area contributed by atoms with Gasteiger partial charge in [-0.2, -0.15) is 5.10 Å². The number of nitrogens with one attached hydrogen (secondary N) is 1. The summed E-state index contributed by atoms with van der Waals surface area (Å²) in [5, 5.41) is 16.0. The van der Waals surface area contributed by atoms with Gasteiger partial charge in [0.25, 0.3) is 5.91 Å². The van der Waals surface area contributed by atoms with Crippen molar-refractivity contribution in [1.29, 1.82) is 0 Å². The molecule has 0 atom stereocenters. The molecule has 2 aromatic rings. The van der Waals surface area contributed by atoms with Crippen LogP contribution < -0.4 is 5.32 Å². The van der Waals surface area contributed by atoms with Gasteiger partial charge in [0.15, 0.2) is 0 Å². The molecule has 6 heteroatoms. The van der Waals surface area contributed by atoms with Gasteiger partial charge in [0, 0.05) is 18.2 Å². The van der Waals surface area contributed by atoms with Crippen molar-refractivity contribution >= 4 is 17.6 Å². The van der Waals surface area contributed by atoms with Gasteiger partial charge in [0.2, 0.25) is 0 Å². The maximum atomic E-state index is 12.3. The average molecular weight is 301 g/mol. The Morgan fingerprint density at radius 3 is 2.45 bits per heavy atom. The molecule has 2 rings (SSSR count). The van der Waals surface area contributed by atoms with Gasteiger partial charge in [0.1, 0.15) is 5.69 Å². The van der Waals surface area contributed by atoms with Crippen molar-refractivity contribution in [1.82, 2.24) is 9.78 Å². The zero-order chi connectivity index (χ0) is 16.5. The van der Waals surface area contributed by atoms with E-state index in [9.17, 15) is 9.59 Å². The largest absolute Gasteiger partial charge is 0.478 e. The number of carboxylic acid groups (broad SMARTS) is 1. The van der Waals surface area contributed by atoms with Crippen molar-refractivity contribution < 1.29 is 14.7 Å². The van der Waals surface area contributed by atoms with Crippen LogP contribution in [0.1, 0.15) is 47.3 Å². The summed E-state index contributed by atoms with van der Waals surface area (Å²) < 4.78 is 1.52. The van der Waals surface area contributed by atoms with E-state index < -0.39 is 5.97 Å². The van der Waals surface area contributed by atoms with E-state index in [1.165, 1.54) is 16.8 Å². The fraction of sp³-hybridized carbons (Fsp3) is 0.312. The molecule has 0 saturated heterocycles. The van der Waals surface area contributed by atoms with Crippen molar-refractivity contribution in [3.8, 4) is 0 Å². The second kappa shape index (κ2) is 5.63. The lowest BCUT2D eigenvalue weighted by atomic mass is 9.92. The van der Waals surface area contributed by atoms with Gasteiger partial charge < -0.3 is 10.4 Å². The number of anilines is 1. The Morgan fingerprint density at radius 1 is 1.23 bits per heavy atom. The molecule has 1 heterocycles. The number of carbonyl (C=O) groups excluding carboxylic acids is 1. The molecule has 0 unspecified atom stereocenters. The number of carboxylic acids is 1. The third-order valence-electron chi connectivity index (χ3n) is 3.25. The van der Waals surface area contributed by atoms with Crippen LogP contribution in [0.25, 0.3) is 0 Å². The third kappa shape index (κ3) is 3.33. The van der Waals surface area contributed by atoms with Gasteiger partial charge >= 0.3 is 5.97 Å². The highest BCUT2D eigenvalue weighted by atomic mass is 16.4. The summed E-state index contributed by atoms with van der Waals surface area (Å²) in [4.78, 5) is 23.3. The Morgan fingerprint density at radius 2 is 1.91 bits per heavy atom. The molecule has 0 radical (unpaired) electrons. The van der Waals surface area contributed by atoms with Gasteiger partial charge in [-0.15, -0.1) is 0 Å². The van der Waals surface area contributed by atoms with E-state index >= 15 is 0 Å². The first-order valence-corrected chi connectivity index (χ1v) is 6.87. The van der Waals surface area contributed by atoms with Crippen molar-refractivity contribution in [2.45, 2.75) is 26.2 Å². The van der Waals surface area contributed by atoms with E-state index in [0.717, 1.165) is 5.69 Å². The Bertz CT molecular complexity index is 726. The van der Waals surface area contributed by atoms with Crippen LogP contribution in [-0.4, -0.2) is 26.8 Å². The Hall–Kier alpha value is -2.63. The van der Waals surface area contributed by atoms with Crippen molar-refractivity contribution in [2.24, 2.45) is 7.05 Å². The number of carbonyl (C=O) groups is 2. The van der Waals surface area contributed by atoms with E-state index in [-0.39, 0.29) is 16.9 Å². The zero-order valence-electron chi connectivity index (χ0n) is 13.0. The van der Waals surface area contributed by atoms with Crippen molar-refractivity contribution in [3.63, 3.8) is 0 Å². The SMILES string of the molecule is Cn1nc(C(C)(C)C)cc1C(=O)Nc1cccc(C(=O)O)c1. The smallest absolute Gasteiger partial charge is 0.335 e. The molecule has 0 bridgehead atoms. The minimum atomic E-state index is -1.04. The van der Waals surface area contributed by atoms with Crippen LogP contribution in [0, 0.1) is 0 Å². The van der Waals surface area contributed by atoms with Gasteiger partial charge in [-0.25, -0.2) is 4.79 Å². The molecule has 0 spiro atoms. The van der Waals surface area contributed by atoms with Crippen LogP contribution in [-0.2, 0) is 12.5 Å². The van der Waals surface area contributed by atoms with Crippen molar-refractivity contribution in [2.75, 3.05) is 5.32 Å². The average Bonchev–Trinajstić information content (AvgIpc) is 2.81. The van der Waals surface area contributed by atoms with Crippen LogP contribution >= 0.6 is 0 Å². The summed E-state index contributed by atoms with van der Waals surface area (Å²) >= 11 is 0. The molecule has 1 aromatic heterocycles. The number of aryl methyl sites for hydroxylation is 1. The summed E-state index contributed by atoms with van der Waals surface area (Å²) in [6, 6.07) is 7.87. The first-order chi connectivity index (χ1) is 10.2. The van der Waals surface area contributed by atoms with Crippen LogP contribution in [0.2, 0.25) is 0 Å². The molecule has 1 aromatic carbocycles. The standard InChI is InChI=1S/C16H19N3O3/c1-16(2,3)13-9-12(19(4)18-13)14(20)17-11-7-5-6-10(8-11)15(21)22/h5-9H,1-4H3,(H,17,20)(H,21,22). The van der Waals surface area contributed by atoms with Gasteiger partial charge in [-0.3, -0.25) is 9.48 Å². The van der Waals surface area contributed by atoms with Gasteiger partial charge in [0.05, 0.1) is 11.3 Å². The lowest BCUT2D eigenvalue weighted by Gasteiger charge is -2.13. The van der Waals surface area contributed by atoms with Crippen LogP contribution in [0.15, 0.2) is 30.3 Å². The number of benzene rings is 1. The molecule has 2 N–H and O–H groups in total. The molecule has 0 aliphatic rings. The summed E-state index contributed by atoms with van der Waals surface area (Å²) in [5.74, 6) is -1.36. The third-order valence-corrected chi connectivity index (χ3v) is 3.25. The maximum absolute atomic E-state index is 12.3. The molecule has 6 nitrogen and oxygen atoms in total. The fourth-order valence-corrected chi connectivity index (χ4v) is 1.97. The lowest BCUT2D eigenvalue weighted by molar-refractivity contribution is 0.0696. The van der Waals surface area contributed by atoms with Crippen LogP contribution in [0.4, 0.5) is 5.69 Å². The summed E-state index contributed by atoms with van der Waals surface area (Å²) in [6.07, 6.45) is 0. The second-order valence-electron chi connectivity index (χ2n) is 6.13. The molecule has 0 aliphatic heterocycles. The Balaban J connectivity index is 2.25. The van der Waals surface area contributed by atoms with Gasteiger partial charge in [-0.1, -0.05) is 26.8 Å². The summed E-state index contributed by atoms with van der Waals surface area (Å²) in [6.45, 7) is 6.06. The summed E-state index contributed by atoms with van der Waals surface area (Å²) in [5.41, 5.74) is 1.64. The van der Waals surface area contributed by atoms with E-state index in [1.807, 2.05) is 20.8 Å². The zero-order valence-corrected chi connectivity index (χ0v) is 13.0.